The first-order valence-electron chi connectivity index (χ1n) is 7.77. The number of aryl methyl sites for hydroxylation is 1. The summed E-state index contributed by atoms with van der Waals surface area (Å²) in [6.45, 7) is 5.08. The summed E-state index contributed by atoms with van der Waals surface area (Å²) in [4.78, 5) is 6.65. The van der Waals surface area contributed by atoms with Gasteiger partial charge in [-0.15, -0.1) is 0 Å². The molecule has 1 aliphatic rings. The van der Waals surface area contributed by atoms with Crippen LogP contribution in [0.15, 0.2) is 36.5 Å². The van der Waals surface area contributed by atoms with E-state index in [9.17, 15) is 0 Å². The Morgan fingerprint density at radius 1 is 1.39 bits per heavy atom. The van der Waals surface area contributed by atoms with Crippen molar-refractivity contribution < 1.29 is 0 Å². The van der Waals surface area contributed by atoms with Crippen molar-refractivity contribution >= 4 is 23.1 Å². The van der Waals surface area contributed by atoms with Crippen LogP contribution in [0.4, 0.5) is 11.5 Å². The van der Waals surface area contributed by atoms with E-state index in [0.717, 1.165) is 36.9 Å². The van der Waals surface area contributed by atoms with Gasteiger partial charge in [0.2, 0.25) is 0 Å². The summed E-state index contributed by atoms with van der Waals surface area (Å²) in [5.41, 5.74) is 3.08. The Morgan fingerprint density at radius 2 is 2.26 bits per heavy atom. The zero-order valence-electron chi connectivity index (χ0n) is 13.1. The van der Waals surface area contributed by atoms with Crippen molar-refractivity contribution in [1.82, 2.24) is 4.98 Å². The standard InChI is InChI=1S/C18H19ClN4/c1-13-2-4-16(19)8-17(13)23-7-6-15(12-23)11-22-18-5-3-14(9-20)10-21-18/h2-5,8,10,15H,6-7,11-12H2,1H3,(H,21,22). The highest BCUT2D eigenvalue weighted by atomic mass is 35.5. The zero-order chi connectivity index (χ0) is 16.2. The second-order valence-electron chi connectivity index (χ2n) is 5.96. The van der Waals surface area contributed by atoms with E-state index in [-0.39, 0.29) is 0 Å². The Bertz CT molecular complexity index is 721. The average molecular weight is 327 g/mol. The number of nitrogens with zero attached hydrogens (tertiary/aromatic N) is 3. The Labute approximate surface area is 141 Å². The average Bonchev–Trinajstić information content (AvgIpc) is 3.04. The lowest BCUT2D eigenvalue weighted by Gasteiger charge is -2.21. The molecule has 5 heteroatoms. The third-order valence-electron chi connectivity index (χ3n) is 4.26. The molecule has 1 fully saturated rings. The molecule has 1 aromatic carbocycles. The van der Waals surface area contributed by atoms with Crippen LogP contribution in [0.5, 0.6) is 0 Å². The van der Waals surface area contributed by atoms with Gasteiger partial charge in [-0.25, -0.2) is 4.98 Å². The number of halogens is 1. The van der Waals surface area contributed by atoms with Gasteiger partial charge < -0.3 is 10.2 Å². The van der Waals surface area contributed by atoms with Crippen molar-refractivity contribution in [3.05, 3.63) is 52.7 Å². The molecule has 118 valence electrons. The molecule has 4 nitrogen and oxygen atoms in total. The molecule has 0 spiro atoms. The van der Waals surface area contributed by atoms with Gasteiger partial charge in [0.15, 0.2) is 0 Å². The Balaban J connectivity index is 1.57. The first-order valence-corrected chi connectivity index (χ1v) is 8.14. The fourth-order valence-electron chi connectivity index (χ4n) is 2.95. The maximum absolute atomic E-state index is 8.78. The Morgan fingerprint density at radius 3 is 3.00 bits per heavy atom. The van der Waals surface area contributed by atoms with Crippen LogP contribution >= 0.6 is 11.6 Å². The lowest BCUT2D eigenvalue weighted by atomic mass is 10.1. The lowest BCUT2D eigenvalue weighted by molar-refractivity contribution is 0.621. The van der Waals surface area contributed by atoms with Gasteiger partial charge in [0, 0.05) is 36.5 Å². The monoisotopic (exact) mass is 326 g/mol. The number of nitriles is 1. The molecule has 1 saturated heterocycles. The van der Waals surface area contributed by atoms with E-state index in [1.807, 2.05) is 12.1 Å². The van der Waals surface area contributed by atoms with Crippen LogP contribution in [0.2, 0.25) is 5.02 Å². The smallest absolute Gasteiger partial charge is 0.125 e. The second kappa shape index (κ2) is 6.89. The van der Waals surface area contributed by atoms with Crippen molar-refractivity contribution in [3.8, 4) is 6.07 Å². The number of aromatic nitrogens is 1. The summed E-state index contributed by atoms with van der Waals surface area (Å²) in [5, 5.41) is 12.9. The third-order valence-corrected chi connectivity index (χ3v) is 4.50. The molecule has 0 bridgehead atoms. The van der Waals surface area contributed by atoms with E-state index in [1.165, 1.54) is 11.3 Å². The first kappa shape index (κ1) is 15.6. The van der Waals surface area contributed by atoms with E-state index in [2.05, 4.69) is 40.3 Å². The van der Waals surface area contributed by atoms with Gasteiger partial charge >= 0.3 is 0 Å². The minimum atomic E-state index is 0.575. The Hall–Kier alpha value is -2.25. The molecule has 0 saturated carbocycles. The van der Waals surface area contributed by atoms with E-state index >= 15 is 0 Å². The molecule has 1 atom stereocenters. The van der Waals surface area contributed by atoms with Crippen LogP contribution in [-0.4, -0.2) is 24.6 Å². The quantitative estimate of drug-likeness (QED) is 0.927. The molecule has 0 aliphatic carbocycles. The highest BCUT2D eigenvalue weighted by Crippen LogP contribution is 2.29. The molecular weight excluding hydrogens is 308 g/mol. The normalized spacial score (nSPS) is 17.1. The maximum Gasteiger partial charge on any atom is 0.125 e. The topological polar surface area (TPSA) is 52.0 Å². The largest absolute Gasteiger partial charge is 0.371 e. The van der Waals surface area contributed by atoms with Gasteiger partial charge in [0.1, 0.15) is 11.9 Å². The third kappa shape index (κ3) is 3.75. The molecule has 0 amide bonds. The van der Waals surface area contributed by atoms with Crippen LogP contribution in [0.25, 0.3) is 0 Å². The van der Waals surface area contributed by atoms with Crippen molar-refractivity contribution in [1.29, 1.82) is 5.26 Å². The summed E-state index contributed by atoms with van der Waals surface area (Å²) < 4.78 is 0. The number of hydrogen-bond acceptors (Lipinski definition) is 4. The highest BCUT2D eigenvalue weighted by molar-refractivity contribution is 6.30. The van der Waals surface area contributed by atoms with E-state index < -0.39 is 0 Å². The Kier molecular flexibility index (Phi) is 4.68. The number of benzene rings is 1. The van der Waals surface area contributed by atoms with Crippen LogP contribution < -0.4 is 10.2 Å². The molecule has 3 rings (SSSR count). The fourth-order valence-corrected chi connectivity index (χ4v) is 3.12. The van der Waals surface area contributed by atoms with Gasteiger partial charge in [-0.05, 0) is 49.1 Å². The summed E-state index contributed by atoms with van der Waals surface area (Å²) >= 11 is 6.13. The predicted molar refractivity (Wildman–Crippen MR) is 94.0 cm³/mol. The molecular formula is C18H19ClN4. The van der Waals surface area contributed by atoms with Gasteiger partial charge in [-0.1, -0.05) is 17.7 Å². The van der Waals surface area contributed by atoms with E-state index in [0.29, 0.717) is 11.5 Å². The van der Waals surface area contributed by atoms with Crippen molar-refractivity contribution in [2.75, 3.05) is 29.9 Å². The molecule has 1 N–H and O–H groups in total. The molecule has 1 unspecified atom stereocenters. The fraction of sp³-hybridized carbons (Fsp3) is 0.333. The zero-order valence-corrected chi connectivity index (χ0v) is 13.8. The highest BCUT2D eigenvalue weighted by Gasteiger charge is 2.23. The minimum absolute atomic E-state index is 0.575. The lowest BCUT2D eigenvalue weighted by Crippen LogP contribution is -2.23. The van der Waals surface area contributed by atoms with E-state index in [1.54, 1.807) is 12.3 Å². The number of hydrogen-bond donors (Lipinski definition) is 1. The van der Waals surface area contributed by atoms with Gasteiger partial charge in [-0.2, -0.15) is 5.26 Å². The SMILES string of the molecule is Cc1ccc(Cl)cc1N1CCC(CNc2ccc(C#N)cn2)C1. The molecule has 1 aliphatic heterocycles. The number of nitrogens with one attached hydrogen (secondary N) is 1. The summed E-state index contributed by atoms with van der Waals surface area (Å²) in [6, 6.07) is 11.8. The van der Waals surface area contributed by atoms with Gasteiger partial charge in [0.05, 0.1) is 5.56 Å². The first-order chi connectivity index (χ1) is 11.2. The second-order valence-corrected chi connectivity index (χ2v) is 6.39. The number of anilines is 2. The molecule has 23 heavy (non-hydrogen) atoms. The van der Waals surface area contributed by atoms with Crippen LogP contribution in [-0.2, 0) is 0 Å². The molecule has 1 aromatic heterocycles. The predicted octanol–water partition coefficient (Wildman–Crippen LogP) is 3.85. The molecule has 2 aromatic rings. The van der Waals surface area contributed by atoms with Crippen LogP contribution in [0.3, 0.4) is 0 Å². The number of rotatable bonds is 4. The van der Waals surface area contributed by atoms with Crippen molar-refractivity contribution in [2.45, 2.75) is 13.3 Å². The minimum Gasteiger partial charge on any atom is -0.371 e. The number of pyridine rings is 1. The van der Waals surface area contributed by atoms with E-state index in [4.69, 9.17) is 16.9 Å². The van der Waals surface area contributed by atoms with Gasteiger partial charge in [-0.3, -0.25) is 0 Å². The molecule has 0 radical (unpaired) electrons. The van der Waals surface area contributed by atoms with Crippen molar-refractivity contribution in [3.63, 3.8) is 0 Å². The summed E-state index contributed by atoms with van der Waals surface area (Å²) in [6.07, 6.45) is 2.74. The summed E-state index contributed by atoms with van der Waals surface area (Å²) in [7, 11) is 0. The van der Waals surface area contributed by atoms with Gasteiger partial charge in [0.25, 0.3) is 0 Å². The van der Waals surface area contributed by atoms with Crippen molar-refractivity contribution in [2.24, 2.45) is 5.92 Å². The summed E-state index contributed by atoms with van der Waals surface area (Å²) in [5.74, 6) is 1.40. The van der Waals surface area contributed by atoms with Crippen LogP contribution in [0, 0.1) is 24.2 Å². The maximum atomic E-state index is 8.78. The molecule has 2 heterocycles. The van der Waals surface area contributed by atoms with Crippen LogP contribution in [0.1, 0.15) is 17.5 Å².